The standard InChI is InChI=1S/C9H10ClNO.ClH/c10-6-1-2-9(12)7(5-6)8-3-4-11-8;/h1-2,5,8,11-12H,3-4H2;1H/t8-;/m1./s1. The van der Waals surface area contributed by atoms with Crippen molar-refractivity contribution < 1.29 is 5.11 Å². The highest BCUT2D eigenvalue weighted by atomic mass is 35.5. The highest BCUT2D eigenvalue weighted by molar-refractivity contribution is 6.30. The maximum Gasteiger partial charge on any atom is 0.120 e. The summed E-state index contributed by atoms with van der Waals surface area (Å²) in [4.78, 5) is 0. The molecule has 0 aliphatic carbocycles. The van der Waals surface area contributed by atoms with E-state index in [1.165, 1.54) is 0 Å². The number of hydrogen-bond acceptors (Lipinski definition) is 2. The lowest BCUT2D eigenvalue weighted by Gasteiger charge is -2.28. The van der Waals surface area contributed by atoms with Crippen molar-refractivity contribution in [1.29, 1.82) is 0 Å². The number of benzene rings is 1. The zero-order valence-electron chi connectivity index (χ0n) is 6.96. The van der Waals surface area contributed by atoms with Gasteiger partial charge in [0.05, 0.1) is 0 Å². The largest absolute Gasteiger partial charge is 0.508 e. The second-order valence-electron chi connectivity index (χ2n) is 3.00. The van der Waals surface area contributed by atoms with Gasteiger partial charge in [-0.15, -0.1) is 12.4 Å². The van der Waals surface area contributed by atoms with Gasteiger partial charge in [0, 0.05) is 16.6 Å². The molecule has 1 atom stereocenters. The number of phenolic OH excluding ortho intramolecular Hbond substituents is 1. The quantitative estimate of drug-likeness (QED) is 0.762. The first-order chi connectivity index (χ1) is 5.77. The number of hydrogen-bond donors (Lipinski definition) is 2. The molecule has 1 aliphatic rings. The lowest BCUT2D eigenvalue weighted by molar-refractivity contribution is 0.364. The Morgan fingerprint density at radius 2 is 2.15 bits per heavy atom. The normalized spacial score (nSPS) is 20.2. The summed E-state index contributed by atoms with van der Waals surface area (Å²) >= 11 is 5.80. The lowest BCUT2D eigenvalue weighted by Crippen LogP contribution is -2.34. The van der Waals surface area contributed by atoms with Crippen LogP contribution in [0.5, 0.6) is 5.75 Å². The molecule has 0 bridgehead atoms. The Morgan fingerprint density at radius 3 is 2.69 bits per heavy atom. The molecule has 4 heteroatoms. The van der Waals surface area contributed by atoms with E-state index in [2.05, 4.69) is 5.32 Å². The predicted molar refractivity (Wildman–Crippen MR) is 55.7 cm³/mol. The van der Waals surface area contributed by atoms with Crippen molar-refractivity contribution in [1.82, 2.24) is 5.32 Å². The molecule has 0 saturated carbocycles. The summed E-state index contributed by atoms with van der Waals surface area (Å²) in [6.07, 6.45) is 1.08. The second kappa shape index (κ2) is 4.18. The van der Waals surface area contributed by atoms with E-state index in [1.54, 1.807) is 12.1 Å². The SMILES string of the molecule is Cl.Oc1ccc(Cl)cc1[C@H]1CCN1. The molecule has 13 heavy (non-hydrogen) atoms. The molecule has 1 aromatic rings. The molecular weight excluding hydrogens is 209 g/mol. The topological polar surface area (TPSA) is 32.3 Å². The van der Waals surface area contributed by atoms with Crippen LogP contribution in [0.1, 0.15) is 18.0 Å². The van der Waals surface area contributed by atoms with Crippen molar-refractivity contribution >= 4 is 24.0 Å². The molecular formula is C9H11Cl2NO. The molecule has 0 radical (unpaired) electrons. The lowest BCUT2D eigenvalue weighted by atomic mass is 9.97. The van der Waals surface area contributed by atoms with Gasteiger partial charge in [0.2, 0.25) is 0 Å². The Labute approximate surface area is 88.3 Å². The van der Waals surface area contributed by atoms with Gasteiger partial charge >= 0.3 is 0 Å². The number of aromatic hydroxyl groups is 1. The first-order valence-electron chi connectivity index (χ1n) is 3.99. The molecule has 72 valence electrons. The van der Waals surface area contributed by atoms with E-state index in [-0.39, 0.29) is 12.4 Å². The van der Waals surface area contributed by atoms with Crippen molar-refractivity contribution in [3.8, 4) is 5.75 Å². The average Bonchev–Trinajstić information content (AvgIpc) is 1.93. The van der Waals surface area contributed by atoms with Gasteiger partial charge in [-0.05, 0) is 31.2 Å². The van der Waals surface area contributed by atoms with Crippen LogP contribution in [-0.4, -0.2) is 11.7 Å². The summed E-state index contributed by atoms with van der Waals surface area (Å²) in [5.74, 6) is 0.330. The Kier molecular flexibility index (Phi) is 3.42. The van der Waals surface area contributed by atoms with Crippen molar-refractivity contribution in [2.45, 2.75) is 12.5 Å². The summed E-state index contributed by atoms with van der Waals surface area (Å²) in [5.41, 5.74) is 0.911. The zero-order valence-corrected chi connectivity index (χ0v) is 8.53. The predicted octanol–water partition coefficient (Wildman–Crippen LogP) is 2.50. The van der Waals surface area contributed by atoms with Gasteiger partial charge in [-0.25, -0.2) is 0 Å². The summed E-state index contributed by atoms with van der Waals surface area (Å²) in [7, 11) is 0. The first kappa shape index (κ1) is 10.6. The minimum absolute atomic E-state index is 0. The first-order valence-corrected chi connectivity index (χ1v) is 4.37. The third-order valence-corrected chi connectivity index (χ3v) is 2.42. The molecule has 1 heterocycles. The third-order valence-electron chi connectivity index (χ3n) is 2.19. The summed E-state index contributed by atoms with van der Waals surface area (Å²) in [6, 6.07) is 5.44. The van der Waals surface area contributed by atoms with Crippen LogP contribution in [0, 0.1) is 0 Å². The number of nitrogens with one attached hydrogen (secondary N) is 1. The van der Waals surface area contributed by atoms with E-state index in [4.69, 9.17) is 11.6 Å². The van der Waals surface area contributed by atoms with Gasteiger partial charge in [-0.2, -0.15) is 0 Å². The Bertz CT molecular complexity index is 300. The fraction of sp³-hybridized carbons (Fsp3) is 0.333. The van der Waals surface area contributed by atoms with E-state index in [9.17, 15) is 5.11 Å². The van der Waals surface area contributed by atoms with Crippen LogP contribution >= 0.6 is 24.0 Å². The second-order valence-corrected chi connectivity index (χ2v) is 3.43. The summed E-state index contributed by atoms with van der Waals surface area (Å²) in [5, 5.41) is 13.4. The average molecular weight is 220 g/mol. The molecule has 1 fully saturated rings. The van der Waals surface area contributed by atoms with Gasteiger partial charge < -0.3 is 10.4 Å². The van der Waals surface area contributed by atoms with Crippen LogP contribution in [0.25, 0.3) is 0 Å². The van der Waals surface area contributed by atoms with E-state index in [1.807, 2.05) is 6.07 Å². The van der Waals surface area contributed by atoms with Crippen LogP contribution in [0.2, 0.25) is 5.02 Å². The molecule has 0 amide bonds. The van der Waals surface area contributed by atoms with Gasteiger partial charge in [0.15, 0.2) is 0 Å². The number of phenols is 1. The van der Waals surface area contributed by atoms with E-state index >= 15 is 0 Å². The third kappa shape index (κ3) is 2.08. The Morgan fingerprint density at radius 1 is 1.46 bits per heavy atom. The van der Waals surface area contributed by atoms with Gasteiger partial charge in [0.1, 0.15) is 5.75 Å². The molecule has 1 aromatic carbocycles. The highest BCUT2D eigenvalue weighted by Crippen LogP contribution is 2.32. The number of rotatable bonds is 1. The van der Waals surface area contributed by atoms with Crippen molar-refractivity contribution in [3.05, 3.63) is 28.8 Å². The van der Waals surface area contributed by atoms with Gasteiger partial charge in [-0.3, -0.25) is 0 Å². The van der Waals surface area contributed by atoms with Crippen LogP contribution in [0.3, 0.4) is 0 Å². The highest BCUT2D eigenvalue weighted by Gasteiger charge is 2.21. The zero-order chi connectivity index (χ0) is 8.55. The van der Waals surface area contributed by atoms with Crippen LogP contribution in [-0.2, 0) is 0 Å². The maximum atomic E-state index is 9.47. The molecule has 2 nitrogen and oxygen atoms in total. The number of halogens is 2. The van der Waals surface area contributed by atoms with E-state index in [0.717, 1.165) is 18.5 Å². The molecule has 0 unspecified atom stereocenters. The van der Waals surface area contributed by atoms with Gasteiger partial charge in [-0.1, -0.05) is 11.6 Å². The van der Waals surface area contributed by atoms with E-state index in [0.29, 0.717) is 16.8 Å². The van der Waals surface area contributed by atoms with Crippen LogP contribution in [0.15, 0.2) is 18.2 Å². The van der Waals surface area contributed by atoms with Crippen LogP contribution < -0.4 is 5.32 Å². The van der Waals surface area contributed by atoms with Crippen molar-refractivity contribution in [2.24, 2.45) is 0 Å². The fourth-order valence-electron chi connectivity index (χ4n) is 1.36. The molecule has 0 aromatic heterocycles. The summed E-state index contributed by atoms with van der Waals surface area (Å²) in [6.45, 7) is 1.02. The smallest absolute Gasteiger partial charge is 0.120 e. The van der Waals surface area contributed by atoms with Gasteiger partial charge in [0.25, 0.3) is 0 Å². The van der Waals surface area contributed by atoms with Crippen LogP contribution in [0.4, 0.5) is 0 Å². The molecule has 1 saturated heterocycles. The molecule has 0 spiro atoms. The monoisotopic (exact) mass is 219 g/mol. The van der Waals surface area contributed by atoms with E-state index < -0.39 is 0 Å². The Balaban J connectivity index is 0.000000845. The molecule has 2 rings (SSSR count). The Hall–Kier alpha value is -0.440. The maximum absolute atomic E-state index is 9.47. The van der Waals surface area contributed by atoms with Crippen molar-refractivity contribution in [3.63, 3.8) is 0 Å². The molecule has 1 aliphatic heterocycles. The summed E-state index contributed by atoms with van der Waals surface area (Å²) < 4.78 is 0. The van der Waals surface area contributed by atoms with Crippen molar-refractivity contribution in [2.75, 3.05) is 6.54 Å². The minimum Gasteiger partial charge on any atom is -0.508 e. The minimum atomic E-state index is 0. The molecule has 2 N–H and O–H groups in total. The fourth-order valence-corrected chi connectivity index (χ4v) is 1.54.